The fourth-order valence-electron chi connectivity index (χ4n) is 6.60. The second-order valence-corrected chi connectivity index (χ2v) is 12.9. The number of carboxylic acids is 1. The van der Waals surface area contributed by atoms with Crippen molar-refractivity contribution in [2.75, 3.05) is 32.8 Å². The topological polar surface area (TPSA) is 121 Å². The summed E-state index contributed by atoms with van der Waals surface area (Å²) in [7, 11) is 0. The van der Waals surface area contributed by atoms with E-state index in [2.05, 4.69) is 47.5 Å². The molecule has 10 heteroatoms. The number of rotatable bonds is 15. The lowest BCUT2D eigenvalue weighted by Gasteiger charge is -2.29. The third-order valence-electron chi connectivity index (χ3n) is 9.17. The van der Waals surface area contributed by atoms with E-state index in [1.54, 1.807) is 12.1 Å². The van der Waals surface area contributed by atoms with E-state index < -0.39 is 18.1 Å². The summed E-state index contributed by atoms with van der Waals surface area (Å²) in [5.41, 5.74) is 6.49. The van der Waals surface area contributed by atoms with Crippen LogP contribution in [-0.4, -0.2) is 77.3 Å². The highest BCUT2D eigenvalue weighted by Gasteiger charge is 2.29. The first-order chi connectivity index (χ1) is 22.7. The zero-order valence-corrected chi connectivity index (χ0v) is 28.3. The van der Waals surface area contributed by atoms with Gasteiger partial charge in [0.2, 0.25) is 0 Å². The van der Waals surface area contributed by atoms with E-state index >= 15 is 0 Å². The van der Waals surface area contributed by atoms with Gasteiger partial charge in [-0.25, -0.2) is 0 Å². The Morgan fingerprint density at radius 2 is 1.79 bits per heavy atom. The summed E-state index contributed by atoms with van der Waals surface area (Å²) in [5.74, 6) is 0.805. The van der Waals surface area contributed by atoms with Gasteiger partial charge in [-0.15, -0.1) is 0 Å². The van der Waals surface area contributed by atoms with Crippen LogP contribution in [0, 0.1) is 6.92 Å². The molecule has 9 nitrogen and oxygen atoms in total. The maximum atomic E-state index is 11.5. The second kappa shape index (κ2) is 16.2. The van der Waals surface area contributed by atoms with Gasteiger partial charge in [0.15, 0.2) is 0 Å². The van der Waals surface area contributed by atoms with Crippen molar-refractivity contribution in [1.82, 2.24) is 10.2 Å². The molecule has 1 fully saturated rings. The number of benzene rings is 3. The molecule has 3 aromatic rings. The van der Waals surface area contributed by atoms with Gasteiger partial charge in [0.1, 0.15) is 29.4 Å². The highest BCUT2D eigenvalue weighted by molar-refractivity contribution is 6.32. The van der Waals surface area contributed by atoms with Crippen LogP contribution in [0.25, 0.3) is 11.1 Å². The molecule has 254 valence electrons. The maximum Gasteiger partial charge on any atom is 0.323 e. The Bertz CT molecular complexity index is 1520. The molecule has 3 atom stereocenters. The van der Waals surface area contributed by atoms with Gasteiger partial charge in [-0.2, -0.15) is 0 Å². The van der Waals surface area contributed by atoms with Crippen LogP contribution in [0.4, 0.5) is 0 Å². The molecule has 0 radical (unpaired) electrons. The summed E-state index contributed by atoms with van der Waals surface area (Å²) in [6.45, 7) is 9.50. The summed E-state index contributed by atoms with van der Waals surface area (Å²) in [5, 5.41) is 32.3. The summed E-state index contributed by atoms with van der Waals surface area (Å²) >= 11 is 6.71. The number of aliphatic hydroxyl groups excluding tert-OH is 2. The molecule has 5 rings (SSSR count). The normalized spacial score (nSPS) is 18.0. The van der Waals surface area contributed by atoms with Gasteiger partial charge in [-0.1, -0.05) is 41.9 Å². The van der Waals surface area contributed by atoms with Crippen LogP contribution in [0.15, 0.2) is 48.5 Å². The van der Waals surface area contributed by atoms with Crippen molar-refractivity contribution in [3.8, 4) is 28.4 Å². The Labute approximate surface area is 282 Å². The van der Waals surface area contributed by atoms with Crippen LogP contribution in [0.1, 0.15) is 67.9 Å². The lowest BCUT2D eigenvalue weighted by Crippen LogP contribution is -2.44. The first kappa shape index (κ1) is 35.0. The molecular weight excluding hydrogens is 620 g/mol. The van der Waals surface area contributed by atoms with Crippen molar-refractivity contribution in [3.63, 3.8) is 0 Å². The SMILES string of the molecule is CCOc1cc(O[C@H]2CCc3c(-c4cccc(OCCCN5CCC(O)CC5)c4C)cccc32)c(Cl)cc1CN[C@H](C(=O)O)[C@@H](C)O. The Balaban J connectivity index is 1.28. The van der Waals surface area contributed by atoms with Gasteiger partial charge < -0.3 is 34.4 Å². The molecule has 1 heterocycles. The predicted molar refractivity (Wildman–Crippen MR) is 183 cm³/mol. The van der Waals surface area contributed by atoms with Gasteiger partial charge in [0.05, 0.1) is 30.4 Å². The molecule has 1 saturated heterocycles. The number of nitrogens with one attached hydrogen (secondary N) is 1. The minimum Gasteiger partial charge on any atom is -0.493 e. The average Bonchev–Trinajstić information content (AvgIpc) is 3.45. The summed E-state index contributed by atoms with van der Waals surface area (Å²) < 4.78 is 18.7. The van der Waals surface area contributed by atoms with Gasteiger partial charge in [0.25, 0.3) is 0 Å². The van der Waals surface area contributed by atoms with Crippen LogP contribution >= 0.6 is 11.6 Å². The van der Waals surface area contributed by atoms with Crippen molar-refractivity contribution in [1.29, 1.82) is 0 Å². The van der Waals surface area contributed by atoms with E-state index in [4.69, 9.17) is 25.8 Å². The molecular formula is C37H47ClN2O7. The fraction of sp³-hybridized carbons (Fsp3) is 0.486. The minimum absolute atomic E-state index is 0.151. The smallest absolute Gasteiger partial charge is 0.323 e. The third kappa shape index (κ3) is 8.58. The van der Waals surface area contributed by atoms with Crippen LogP contribution in [-0.2, 0) is 17.8 Å². The zero-order valence-electron chi connectivity index (χ0n) is 27.5. The van der Waals surface area contributed by atoms with Crippen LogP contribution in [0.3, 0.4) is 0 Å². The quantitative estimate of drug-likeness (QED) is 0.146. The van der Waals surface area contributed by atoms with Crippen molar-refractivity contribution in [2.45, 2.75) is 83.8 Å². The van der Waals surface area contributed by atoms with Crippen molar-refractivity contribution >= 4 is 17.6 Å². The van der Waals surface area contributed by atoms with E-state index in [0.717, 1.165) is 74.2 Å². The third-order valence-corrected chi connectivity index (χ3v) is 9.46. The van der Waals surface area contributed by atoms with Crippen LogP contribution < -0.4 is 19.5 Å². The van der Waals surface area contributed by atoms with E-state index in [0.29, 0.717) is 35.3 Å². The number of carbonyl (C=O) groups is 1. The average molecular weight is 667 g/mol. The number of nitrogens with zero attached hydrogens (tertiary/aromatic N) is 1. The van der Waals surface area contributed by atoms with Gasteiger partial charge in [0, 0.05) is 37.8 Å². The van der Waals surface area contributed by atoms with Crippen LogP contribution in [0.5, 0.6) is 17.2 Å². The molecule has 0 saturated carbocycles. The molecule has 0 amide bonds. The van der Waals surface area contributed by atoms with Crippen molar-refractivity contribution in [2.24, 2.45) is 0 Å². The Morgan fingerprint density at radius 3 is 2.51 bits per heavy atom. The number of aliphatic carboxylic acids is 1. The largest absolute Gasteiger partial charge is 0.493 e. The molecule has 47 heavy (non-hydrogen) atoms. The van der Waals surface area contributed by atoms with E-state index in [1.807, 2.05) is 13.0 Å². The minimum atomic E-state index is -1.14. The number of hydrogen-bond acceptors (Lipinski definition) is 8. The van der Waals surface area contributed by atoms with Gasteiger partial charge in [-0.3, -0.25) is 10.1 Å². The second-order valence-electron chi connectivity index (χ2n) is 12.5. The number of halogens is 1. The molecule has 4 N–H and O–H groups in total. The molecule has 0 aromatic heterocycles. The lowest BCUT2D eigenvalue weighted by molar-refractivity contribution is -0.142. The van der Waals surface area contributed by atoms with E-state index in [-0.39, 0.29) is 18.8 Å². The molecule has 1 aliphatic heterocycles. The number of likely N-dealkylation sites (tertiary alicyclic amines) is 1. The summed E-state index contributed by atoms with van der Waals surface area (Å²) in [4.78, 5) is 13.9. The molecule has 0 spiro atoms. The number of aliphatic hydroxyl groups is 2. The van der Waals surface area contributed by atoms with Crippen molar-refractivity contribution < 1.29 is 34.3 Å². The Morgan fingerprint density at radius 1 is 1.04 bits per heavy atom. The molecule has 3 aromatic carbocycles. The first-order valence-corrected chi connectivity index (χ1v) is 17.0. The molecule has 0 unspecified atom stereocenters. The van der Waals surface area contributed by atoms with Crippen LogP contribution in [0.2, 0.25) is 5.02 Å². The predicted octanol–water partition coefficient (Wildman–Crippen LogP) is 5.93. The van der Waals surface area contributed by atoms with E-state index in [9.17, 15) is 20.1 Å². The van der Waals surface area contributed by atoms with Gasteiger partial charge in [-0.05, 0) is 92.8 Å². The van der Waals surface area contributed by atoms with Gasteiger partial charge >= 0.3 is 5.97 Å². The number of hydrogen-bond donors (Lipinski definition) is 4. The van der Waals surface area contributed by atoms with Crippen molar-refractivity contribution in [3.05, 3.63) is 75.8 Å². The number of fused-ring (bicyclic) bond motifs is 1. The molecule has 1 aliphatic carbocycles. The molecule has 0 bridgehead atoms. The maximum absolute atomic E-state index is 11.5. The lowest BCUT2D eigenvalue weighted by atomic mass is 9.93. The highest BCUT2D eigenvalue weighted by atomic mass is 35.5. The highest BCUT2D eigenvalue weighted by Crippen LogP contribution is 2.44. The Hall–Kier alpha value is -3.34. The summed E-state index contributed by atoms with van der Waals surface area (Å²) in [6, 6.07) is 15.0. The number of carboxylic acid groups (broad SMARTS) is 1. The standard InChI is InChI=1S/C37H47ClN2O7/c1-4-45-34-21-35(31(38)20-25(34)22-39-36(24(3)41)37(43)44)47-33-13-12-29-28(9-5-10-30(29)33)27-8-6-11-32(23(27)2)46-19-7-16-40-17-14-26(42)15-18-40/h5-6,8-11,20-21,24,26,33,36,39,41-42H,4,7,12-19,22H2,1-3H3,(H,43,44)/t24-,33+,36+/m1/s1. The zero-order chi connectivity index (χ0) is 33.5. The number of ether oxygens (including phenoxy) is 3. The number of piperidine rings is 1. The summed E-state index contributed by atoms with van der Waals surface area (Å²) in [6.07, 6.45) is 2.88. The van der Waals surface area contributed by atoms with E-state index in [1.165, 1.54) is 18.1 Å². The monoisotopic (exact) mass is 666 g/mol. The molecule has 2 aliphatic rings. The Kier molecular flexibility index (Phi) is 12.0. The fourth-order valence-corrected chi connectivity index (χ4v) is 6.83. The first-order valence-electron chi connectivity index (χ1n) is 16.7.